The molecule has 3 rings (SSSR count). The minimum absolute atomic E-state index is 0.0358. The molecule has 0 aliphatic carbocycles. The van der Waals surface area contributed by atoms with Gasteiger partial charge in [-0.1, -0.05) is 6.07 Å². The van der Waals surface area contributed by atoms with E-state index in [0.29, 0.717) is 5.89 Å². The van der Waals surface area contributed by atoms with Gasteiger partial charge in [0.1, 0.15) is 5.52 Å². The Labute approximate surface area is 112 Å². The molecule has 0 saturated carbocycles. The number of aryl methyl sites for hydroxylation is 1. The van der Waals surface area contributed by atoms with Crippen LogP contribution in [-0.2, 0) is 4.74 Å². The van der Waals surface area contributed by atoms with E-state index in [-0.39, 0.29) is 12.1 Å². The summed E-state index contributed by atoms with van der Waals surface area (Å²) in [5.74, 6) is 0.681. The molecule has 2 atom stereocenters. The molecule has 5 heteroatoms. The van der Waals surface area contributed by atoms with Crippen molar-refractivity contribution in [2.45, 2.75) is 25.5 Å². The molecule has 3 N–H and O–H groups in total. The van der Waals surface area contributed by atoms with Gasteiger partial charge in [-0.25, -0.2) is 4.98 Å². The predicted octanol–water partition coefficient (Wildman–Crippen LogP) is 1.51. The minimum atomic E-state index is -0.0358. The largest absolute Gasteiger partial charge is 0.441 e. The van der Waals surface area contributed by atoms with Crippen LogP contribution in [0.2, 0.25) is 0 Å². The summed E-state index contributed by atoms with van der Waals surface area (Å²) in [4.78, 5) is 4.34. The summed E-state index contributed by atoms with van der Waals surface area (Å²) >= 11 is 0. The molecule has 1 aliphatic heterocycles. The van der Waals surface area contributed by atoms with Crippen LogP contribution in [0.5, 0.6) is 0 Å². The SMILES string of the molecule is Cc1nc2cc(C(N)CC3CNCCO3)ccc2o1. The lowest BCUT2D eigenvalue weighted by Crippen LogP contribution is -2.40. The fraction of sp³-hybridized carbons (Fsp3) is 0.500. The van der Waals surface area contributed by atoms with Gasteiger partial charge in [-0.15, -0.1) is 0 Å². The standard InChI is InChI=1S/C14H19N3O2/c1-9-17-13-6-10(2-3-14(13)19-9)12(15)7-11-8-16-4-5-18-11/h2-3,6,11-12,16H,4-5,7-8,15H2,1H3. The van der Waals surface area contributed by atoms with Crippen LogP contribution in [0, 0.1) is 6.92 Å². The molecule has 1 aromatic carbocycles. The molecule has 0 spiro atoms. The molecule has 19 heavy (non-hydrogen) atoms. The Kier molecular flexibility index (Phi) is 3.50. The van der Waals surface area contributed by atoms with Crippen LogP contribution in [0.4, 0.5) is 0 Å². The quantitative estimate of drug-likeness (QED) is 0.876. The van der Waals surface area contributed by atoms with E-state index < -0.39 is 0 Å². The first-order valence-corrected chi connectivity index (χ1v) is 6.67. The molecule has 2 aromatic rings. The molecule has 0 radical (unpaired) electrons. The molecule has 1 fully saturated rings. The van der Waals surface area contributed by atoms with Gasteiger partial charge in [0.05, 0.1) is 12.7 Å². The zero-order valence-corrected chi connectivity index (χ0v) is 11.1. The van der Waals surface area contributed by atoms with Crippen molar-refractivity contribution in [3.63, 3.8) is 0 Å². The molecule has 1 aromatic heterocycles. The highest BCUT2D eigenvalue weighted by molar-refractivity contribution is 5.73. The number of hydrogen-bond acceptors (Lipinski definition) is 5. The molecular weight excluding hydrogens is 242 g/mol. The Balaban J connectivity index is 1.74. The van der Waals surface area contributed by atoms with Gasteiger partial charge in [0.25, 0.3) is 0 Å². The number of morpholine rings is 1. The summed E-state index contributed by atoms with van der Waals surface area (Å²) in [7, 11) is 0. The first-order valence-electron chi connectivity index (χ1n) is 6.67. The molecule has 1 saturated heterocycles. The summed E-state index contributed by atoms with van der Waals surface area (Å²) in [6.45, 7) is 4.41. The lowest BCUT2D eigenvalue weighted by Gasteiger charge is -2.26. The average Bonchev–Trinajstić information content (AvgIpc) is 2.78. The van der Waals surface area contributed by atoms with Crippen molar-refractivity contribution in [1.29, 1.82) is 0 Å². The van der Waals surface area contributed by atoms with Gasteiger partial charge in [-0.2, -0.15) is 0 Å². The maximum absolute atomic E-state index is 6.26. The number of oxazole rings is 1. The zero-order chi connectivity index (χ0) is 13.2. The monoisotopic (exact) mass is 261 g/mol. The maximum Gasteiger partial charge on any atom is 0.192 e. The Hall–Kier alpha value is -1.43. The Bertz CT molecular complexity index is 561. The van der Waals surface area contributed by atoms with E-state index >= 15 is 0 Å². The highest BCUT2D eigenvalue weighted by atomic mass is 16.5. The van der Waals surface area contributed by atoms with Gasteiger partial charge in [0.15, 0.2) is 11.5 Å². The smallest absolute Gasteiger partial charge is 0.192 e. The van der Waals surface area contributed by atoms with Gasteiger partial charge in [0.2, 0.25) is 0 Å². The van der Waals surface area contributed by atoms with Gasteiger partial charge >= 0.3 is 0 Å². The van der Waals surface area contributed by atoms with Gasteiger partial charge in [0, 0.05) is 26.1 Å². The van der Waals surface area contributed by atoms with Crippen LogP contribution >= 0.6 is 0 Å². The fourth-order valence-corrected chi connectivity index (χ4v) is 2.48. The van der Waals surface area contributed by atoms with E-state index in [1.807, 2.05) is 25.1 Å². The summed E-state index contributed by atoms with van der Waals surface area (Å²) in [5.41, 5.74) is 9.01. The number of aromatic nitrogens is 1. The minimum Gasteiger partial charge on any atom is -0.441 e. The molecule has 2 heterocycles. The third-order valence-corrected chi connectivity index (χ3v) is 3.47. The molecule has 5 nitrogen and oxygen atoms in total. The second-order valence-corrected chi connectivity index (χ2v) is 5.00. The van der Waals surface area contributed by atoms with Gasteiger partial charge < -0.3 is 20.2 Å². The van der Waals surface area contributed by atoms with Crippen molar-refractivity contribution in [1.82, 2.24) is 10.3 Å². The van der Waals surface area contributed by atoms with Crippen molar-refractivity contribution >= 4 is 11.1 Å². The van der Waals surface area contributed by atoms with Gasteiger partial charge in [-0.05, 0) is 24.1 Å². The third kappa shape index (κ3) is 2.78. The Morgan fingerprint density at radius 1 is 1.53 bits per heavy atom. The second-order valence-electron chi connectivity index (χ2n) is 5.00. The highest BCUT2D eigenvalue weighted by Crippen LogP contribution is 2.23. The Morgan fingerprint density at radius 3 is 3.21 bits per heavy atom. The highest BCUT2D eigenvalue weighted by Gasteiger charge is 2.18. The first-order chi connectivity index (χ1) is 9.22. The predicted molar refractivity (Wildman–Crippen MR) is 72.9 cm³/mol. The number of rotatable bonds is 3. The van der Waals surface area contributed by atoms with E-state index in [4.69, 9.17) is 14.9 Å². The molecule has 0 bridgehead atoms. The summed E-state index contributed by atoms with van der Waals surface area (Å²) in [6, 6.07) is 5.91. The van der Waals surface area contributed by atoms with Crippen molar-refractivity contribution < 1.29 is 9.15 Å². The number of hydrogen-bond donors (Lipinski definition) is 2. The van der Waals surface area contributed by atoms with Crippen LogP contribution < -0.4 is 11.1 Å². The van der Waals surface area contributed by atoms with E-state index in [1.165, 1.54) is 0 Å². The molecule has 1 aliphatic rings. The van der Waals surface area contributed by atoms with Crippen molar-refractivity contribution in [2.75, 3.05) is 19.7 Å². The first kappa shape index (κ1) is 12.6. The average molecular weight is 261 g/mol. The molecule has 0 amide bonds. The lowest BCUT2D eigenvalue weighted by atomic mass is 10.0. The number of nitrogens with two attached hydrogens (primary N) is 1. The van der Waals surface area contributed by atoms with Crippen LogP contribution in [0.3, 0.4) is 0 Å². The van der Waals surface area contributed by atoms with E-state index in [1.54, 1.807) is 0 Å². The van der Waals surface area contributed by atoms with Crippen LogP contribution in [0.1, 0.15) is 23.9 Å². The maximum atomic E-state index is 6.26. The summed E-state index contributed by atoms with van der Waals surface area (Å²) in [6.07, 6.45) is 1.01. The number of nitrogens with one attached hydrogen (secondary N) is 1. The van der Waals surface area contributed by atoms with E-state index in [0.717, 1.165) is 42.8 Å². The van der Waals surface area contributed by atoms with Crippen LogP contribution in [0.25, 0.3) is 11.1 Å². The normalized spacial score (nSPS) is 21.7. The number of benzene rings is 1. The Morgan fingerprint density at radius 2 is 2.42 bits per heavy atom. The molecule has 102 valence electrons. The molecular formula is C14H19N3O2. The topological polar surface area (TPSA) is 73.3 Å². The summed E-state index contributed by atoms with van der Waals surface area (Å²) in [5, 5.41) is 3.32. The van der Waals surface area contributed by atoms with E-state index in [2.05, 4.69) is 10.3 Å². The number of ether oxygens (including phenoxy) is 1. The number of fused-ring (bicyclic) bond motifs is 1. The van der Waals surface area contributed by atoms with Crippen molar-refractivity contribution in [3.05, 3.63) is 29.7 Å². The van der Waals surface area contributed by atoms with Crippen LogP contribution in [-0.4, -0.2) is 30.8 Å². The second kappa shape index (κ2) is 5.28. The number of nitrogens with zero attached hydrogens (tertiary/aromatic N) is 1. The summed E-state index contributed by atoms with van der Waals surface area (Å²) < 4.78 is 11.2. The van der Waals surface area contributed by atoms with E-state index in [9.17, 15) is 0 Å². The zero-order valence-electron chi connectivity index (χ0n) is 11.1. The van der Waals surface area contributed by atoms with Crippen molar-refractivity contribution in [2.24, 2.45) is 5.73 Å². The van der Waals surface area contributed by atoms with Gasteiger partial charge in [-0.3, -0.25) is 0 Å². The van der Waals surface area contributed by atoms with Crippen molar-refractivity contribution in [3.8, 4) is 0 Å². The lowest BCUT2D eigenvalue weighted by molar-refractivity contribution is 0.0195. The van der Waals surface area contributed by atoms with Crippen LogP contribution in [0.15, 0.2) is 22.6 Å². The molecule has 2 unspecified atom stereocenters. The third-order valence-electron chi connectivity index (χ3n) is 3.47. The fourth-order valence-electron chi connectivity index (χ4n) is 2.48.